The van der Waals surface area contributed by atoms with Crippen LogP contribution < -0.4 is 4.74 Å². The van der Waals surface area contributed by atoms with Crippen LogP contribution in [0.25, 0.3) is 0 Å². The van der Waals surface area contributed by atoms with Crippen molar-refractivity contribution in [1.82, 2.24) is 0 Å². The number of aliphatic carboxylic acids is 1. The number of hydrogen-bond donors (Lipinski definition) is 1. The van der Waals surface area contributed by atoms with E-state index in [0.717, 1.165) is 12.1 Å². The lowest BCUT2D eigenvalue weighted by atomic mass is 10.0. The number of carbonyl (C=O) groups is 1. The number of alkyl halides is 3. The van der Waals surface area contributed by atoms with Gasteiger partial charge in [-0.05, 0) is 24.6 Å². The number of carboxylic acids is 1. The molecule has 94 valence electrons. The first kappa shape index (κ1) is 13.6. The van der Waals surface area contributed by atoms with E-state index in [0.29, 0.717) is 5.56 Å². The standard InChI is InChI=1S/C10H8ClF3O3/c1-5(9(15)16)6-2-3-8(7(11)4-6)17-10(12,13)14/h2-5H,1H3,(H,15,16). The average molecular weight is 269 g/mol. The Morgan fingerprint density at radius 3 is 2.47 bits per heavy atom. The molecule has 17 heavy (non-hydrogen) atoms. The average Bonchev–Trinajstić information content (AvgIpc) is 2.18. The fourth-order valence-electron chi connectivity index (χ4n) is 1.14. The van der Waals surface area contributed by atoms with Gasteiger partial charge in [-0.15, -0.1) is 13.2 Å². The molecule has 0 amide bonds. The van der Waals surface area contributed by atoms with E-state index in [1.807, 2.05) is 0 Å². The lowest BCUT2D eigenvalue weighted by molar-refractivity contribution is -0.274. The molecule has 0 saturated carbocycles. The van der Waals surface area contributed by atoms with Crippen LogP contribution in [0.1, 0.15) is 18.4 Å². The maximum atomic E-state index is 11.9. The van der Waals surface area contributed by atoms with Gasteiger partial charge >= 0.3 is 12.3 Å². The minimum absolute atomic E-state index is 0.284. The van der Waals surface area contributed by atoms with Crippen LogP contribution in [0.4, 0.5) is 13.2 Å². The number of rotatable bonds is 3. The largest absolute Gasteiger partial charge is 0.573 e. The van der Waals surface area contributed by atoms with Crippen LogP contribution in [0, 0.1) is 0 Å². The third-order valence-electron chi connectivity index (χ3n) is 2.05. The summed E-state index contributed by atoms with van der Waals surface area (Å²) >= 11 is 5.57. The Balaban J connectivity index is 2.98. The number of hydrogen-bond acceptors (Lipinski definition) is 2. The molecule has 3 nitrogen and oxygen atoms in total. The van der Waals surface area contributed by atoms with Gasteiger partial charge in [-0.3, -0.25) is 4.79 Å². The zero-order valence-corrected chi connectivity index (χ0v) is 9.34. The van der Waals surface area contributed by atoms with E-state index < -0.39 is 24.0 Å². The molecule has 0 heterocycles. The van der Waals surface area contributed by atoms with Gasteiger partial charge in [0.15, 0.2) is 0 Å². The van der Waals surface area contributed by atoms with E-state index in [1.165, 1.54) is 13.0 Å². The minimum Gasteiger partial charge on any atom is -0.481 e. The molecule has 0 spiro atoms. The molecule has 1 aromatic carbocycles. The lowest BCUT2D eigenvalue weighted by Gasteiger charge is -2.12. The summed E-state index contributed by atoms with van der Waals surface area (Å²) in [6, 6.07) is 3.36. The summed E-state index contributed by atoms with van der Waals surface area (Å²) in [5.41, 5.74) is 0.303. The highest BCUT2D eigenvalue weighted by molar-refractivity contribution is 6.32. The summed E-state index contributed by atoms with van der Waals surface area (Å²) in [5.74, 6) is -2.50. The highest BCUT2D eigenvalue weighted by atomic mass is 35.5. The first-order chi connectivity index (χ1) is 7.70. The molecule has 0 bridgehead atoms. The second kappa shape index (κ2) is 4.83. The van der Waals surface area contributed by atoms with Crippen molar-refractivity contribution in [3.05, 3.63) is 28.8 Å². The third-order valence-corrected chi connectivity index (χ3v) is 2.35. The van der Waals surface area contributed by atoms with Crippen molar-refractivity contribution in [2.24, 2.45) is 0 Å². The second-order valence-corrected chi connectivity index (χ2v) is 3.70. The van der Waals surface area contributed by atoms with E-state index >= 15 is 0 Å². The zero-order chi connectivity index (χ0) is 13.2. The first-order valence-corrected chi connectivity index (χ1v) is 4.86. The zero-order valence-electron chi connectivity index (χ0n) is 8.58. The van der Waals surface area contributed by atoms with E-state index in [4.69, 9.17) is 16.7 Å². The van der Waals surface area contributed by atoms with Gasteiger partial charge in [0.1, 0.15) is 5.75 Å². The van der Waals surface area contributed by atoms with Crippen molar-refractivity contribution in [2.75, 3.05) is 0 Å². The molecule has 1 N–H and O–H groups in total. The molecule has 1 atom stereocenters. The maximum Gasteiger partial charge on any atom is 0.573 e. The summed E-state index contributed by atoms with van der Waals surface area (Å²) in [5, 5.41) is 8.44. The monoisotopic (exact) mass is 268 g/mol. The third kappa shape index (κ3) is 3.81. The summed E-state index contributed by atoms with van der Waals surface area (Å²) in [4.78, 5) is 10.7. The molecule has 0 saturated heterocycles. The molecule has 0 fully saturated rings. The topological polar surface area (TPSA) is 46.5 Å². The quantitative estimate of drug-likeness (QED) is 0.913. The van der Waals surface area contributed by atoms with Crippen LogP contribution in [0.5, 0.6) is 5.75 Å². The van der Waals surface area contributed by atoms with Crippen LogP contribution in [0.15, 0.2) is 18.2 Å². The molecule has 0 aromatic heterocycles. The molecule has 0 radical (unpaired) electrons. The van der Waals surface area contributed by atoms with Gasteiger partial charge in [0.25, 0.3) is 0 Å². The summed E-state index contributed by atoms with van der Waals surface area (Å²) < 4.78 is 39.4. The SMILES string of the molecule is CC(C(=O)O)c1ccc(OC(F)(F)F)c(Cl)c1. The van der Waals surface area contributed by atoms with Gasteiger partial charge in [0, 0.05) is 0 Å². The Hall–Kier alpha value is -1.43. The van der Waals surface area contributed by atoms with Gasteiger partial charge in [-0.25, -0.2) is 0 Å². The molecule has 1 unspecified atom stereocenters. The maximum absolute atomic E-state index is 11.9. The molecular weight excluding hydrogens is 261 g/mol. The fraction of sp³-hybridized carbons (Fsp3) is 0.300. The van der Waals surface area contributed by atoms with Crippen LogP contribution in [0.3, 0.4) is 0 Å². The molecule has 0 aliphatic rings. The predicted octanol–water partition coefficient (Wildman–Crippen LogP) is 3.43. The van der Waals surface area contributed by atoms with Gasteiger partial charge in [-0.2, -0.15) is 0 Å². The highest BCUT2D eigenvalue weighted by Crippen LogP contribution is 2.32. The molecule has 0 aliphatic heterocycles. The van der Waals surface area contributed by atoms with Crippen LogP contribution in [0.2, 0.25) is 5.02 Å². The fourth-order valence-corrected chi connectivity index (χ4v) is 1.36. The van der Waals surface area contributed by atoms with Gasteiger partial charge < -0.3 is 9.84 Å². The molecule has 7 heteroatoms. The molecule has 1 rings (SSSR count). The predicted molar refractivity (Wildman–Crippen MR) is 54.2 cm³/mol. The Kier molecular flexibility index (Phi) is 3.87. The van der Waals surface area contributed by atoms with E-state index in [1.54, 1.807) is 0 Å². The van der Waals surface area contributed by atoms with Gasteiger partial charge in [0.05, 0.1) is 10.9 Å². The molecular formula is C10H8ClF3O3. The molecule has 0 aliphatic carbocycles. The van der Waals surface area contributed by atoms with E-state index in [2.05, 4.69) is 4.74 Å². The smallest absolute Gasteiger partial charge is 0.481 e. The number of ether oxygens (including phenoxy) is 1. The summed E-state index contributed by atoms with van der Waals surface area (Å²) in [7, 11) is 0. The van der Waals surface area contributed by atoms with Crippen LogP contribution in [-0.4, -0.2) is 17.4 Å². The van der Waals surface area contributed by atoms with Crippen molar-refractivity contribution < 1.29 is 27.8 Å². The van der Waals surface area contributed by atoms with Crippen LogP contribution >= 0.6 is 11.6 Å². The van der Waals surface area contributed by atoms with E-state index in [9.17, 15) is 18.0 Å². The van der Waals surface area contributed by atoms with Crippen molar-refractivity contribution >= 4 is 17.6 Å². The number of carboxylic acid groups (broad SMARTS) is 1. The normalized spacial score (nSPS) is 13.2. The first-order valence-electron chi connectivity index (χ1n) is 4.48. The van der Waals surface area contributed by atoms with Crippen molar-refractivity contribution in [3.63, 3.8) is 0 Å². The Labute approximate surface area is 99.8 Å². The Morgan fingerprint density at radius 2 is 2.06 bits per heavy atom. The number of halogens is 4. The van der Waals surface area contributed by atoms with Gasteiger partial charge in [0.2, 0.25) is 0 Å². The molecule has 1 aromatic rings. The second-order valence-electron chi connectivity index (χ2n) is 3.30. The Bertz CT molecular complexity index is 431. The van der Waals surface area contributed by atoms with E-state index in [-0.39, 0.29) is 5.02 Å². The van der Waals surface area contributed by atoms with Crippen molar-refractivity contribution in [2.45, 2.75) is 19.2 Å². The highest BCUT2D eigenvalue weighted by Gasteiger charge is 2.32. The Morgan fingerprint density at radius 1 is 1.47 bits per heavy atom. The summed E-state index contributed by atoms with van der Waals surface area (Å²) in [6.45, 7) is 1.40. The number of benzene rings is 1. The summed E-state index contributed by atoms with van der Waals surface area (Å²) in [6.07, 6.45) is -4.83. The minimum atomic E-state index is -4.83. The lowest BCUT2D eigenvalue weighted by Crippen LogP contribution is -2.17. The van der Waals surface area contributed by atoms with Crippen molar-refractivity contribution in [1.29, 1.82) is 0 Å². The van der Waals surface area contributed by atoms with Gasteiger partial charge in [-0.1, -0.05) is 17.7 Å². The van der Waals surface area contributed by atoms with Crippen LogP contribution in [-0.2, 0) is 4.79 Å². The van der Waals surface area contributed by atoms with Crippen molar-refractivity contribution in [3.8, 4) is 5.75 Å².